The van der Waals surface area contributed by atoms with E-state index < -0.39 is 5.97 Å². The maximum Gasteiger partial charge on any atom is 0.323 e. The van der Waals surface area contributed by atoms with Gasteiger partial charge in [0.05, 0.1) is 11.4 Å². The highest BCUT2D eigenvalue weighted by Crippen LogP contribution is 2.30. The third kappa shape index (κ3) is 6.67. The van der Waals surface area contributed by atoms with Crippen molar-refractivity contribution in [1.29, 1.82) is 0 Å². The zero-order chi connectivity index (χ0) is 26.5. The Morgan fingerprint density at radius 1 is 1.16 bits per heavy atom. The fraction of sp³-hybridized carbons (Fsp3) is 0.571. The Hall–Kier alpha value is -3.08. The van der Waals surface area contributed by atoms with Crippen molar-refractivity contribution in [2.75, 3.05) is 86.5 Å². The number of nitrogens with one attached hydrogen (secondary N) is 2. The van der Waals surface area contributed by atoms with Crippen molar-refractivity contribution in [1.82, 2.24) is 14.8 Å². The first kappa shape index (κ1) is 26.5. The van der Waals surface area contributed by atoms with Gasteiger partial charge in [-0.1, -0.05) is 6.07 Å². The van der Waals surface area contributed by atoms with Crippen LogP contribution >= 0.6 is 0 Å². The number of aromatic nitrogens is 1. The molecule has 5 rings (SSSR count). The number of hydrogen-bond acceptors (Lipinski definition) is 9. The van der Waals surface area contributed by atoms with E-state index in [0.29, 0.717) is 5.92 Å². The molecule has 10 nitrogen and oxygen atoms in total. The van der Waals surface area contributed by atoms with Crippen LogP contribution in [0.15, 0.2) is 30.3 Å². The van der Waals surface area contributed by atoms with Crippen molar-refractivity contribution in [2.45, 2.75) is 32.2 Å². The van der Waals surface area contributed by atoms with Crippen LogP contribution in [0.1, 0.15) is 30.5 Å². The Labute approximate surface area is 225 Å². The van der Waals surface area contributed by atoms with Crippen LogP contribution in [0.25, 0.3) is 0 Å². The number of nitrogens with zero attached hydrogens (tertiary/aromatic N) is 5. The van der Waals surface area contributed by atoms with Gasteiger partial charge in [0, 0.05) is 57.2 Å². The molecule has 2 aromatic rings. The van der Waals surface area contributed by atoms with Gasteiger partial charge in [-0.2, -0.15) is 0 Å². The summed E-state index contributed by atoms with van der Waals surface area (Å²) in [7, 11) is 2.14. The number of carbonyl (C=O) groups is 1. The molecule has 0 radical (unpaired) electrons. The molecule has 0 atom stereocenters. The maximum absolute atomic E-state index is 11.8. The van der Waals surface area contributed by atoms with Crippen LogP contribution in [0.2, 0.25) is 0 Å². The van der Waals surface area contributed by atoms with Gasteiger partial charge in [-0.15, -0.1) is 0 Å². The zero-order valence-corrected chi connectivity index (χ0v) is 22.5. The lowest BCUT2D eigenvalue weighted by Crippen LogP contribution is -2.44. The lowest BCUT2D eigenvalue weighted by Gasteiger charge is -2.37. The third-order valence-corrected chi connectivity index (χ3v) is 8.15. The number of nitrogens with two attached hydrogens (primary N) is 1. The van der Waals surface area contributed by atoms with E-state index in [1.807, 2.05) is 11.0 Å². The second-order valence-electron chi connectivity index (χ2n) is 11.0. The van der Waals surface area contributed by atoms with Crippen LogP contribution < -0.4 is 26.4 Å². The standard InChI is InChI=1S/C28H42N8O2/c1-33-11-13-35(14-12-33)25-15-24(32-29)16-26(17-25)36(20-27(37)38)18-21-6-9-34(10-7-21)19-23-5-4-22-3-2-8-30-28(22)31-23/h4-5,15-17,21,32H,2-3,6-14,18-20,29H2,1H3,(H,30,31)(H,37,38). The average molecular weight is 523 g/mol. The molecular weight excluding hydrogens is 480 g/mol. The summed E-state index contributed by atoms with van der Waals surface area (Å²) in [5.74, 6) is 6.49. The van der Waals surface area contributed by atoms with Crippen molar-refractivity contribution < 1.29 is 9.90 Å². The molecule has 2 fully saturated rings. The van der Waals surface area contributed by atoms with Crippen molar-refractivity contribution in [3.63, 3.8) is 0 Å². The molecule has 4 heterocycles. The number of benzene rings is 1. The predicted octanol–water partition coefficient (Wildman–Crippen LogP) is 2.28. The van der Waals surface area contributed by atoms with Crippen molar-refractivity contribution in [3.05, 3.63) is 41.6 Å². The molecule has 0 unspecified atom stereocenters. The first-order chi connectivity index (χ1) is 18.5. The number of anilines is 4. The number of aliphatic carboxylic acids is 1. The van der Waals surface area contributed by atoms with Crippen molar-refractivity contribution >= 4 is 28.8 Å². The van der Waals surface area contributed by atoms with Gasteiger partial charge in [0.2, 0.25) is 0 Å². The number of pyridine rings is 1. The Bertz CT molecular complexity index is 1100. The number of carboxylic acid groups (broad SMARTS) is 1. The highest BCUT2D eigenvalue weighted by molar-refractivity contribution is 5.76. The number of piperidine rings is 1. The molecule has 5 N–H and O–H groups in total. The lowest BCUT2D eigenvalue weighted by molar-refractivity contribution is -0.135. The molecule has 206 valence electrons. The summed E-state index contributed by atoms with van der Waals surface area (Å²) >= 11 is 0. The van der Waals surface area contributed by atoms with E-state index in [2.05, 4.69) is 56.8 Å². The van der Waals surface area contributed by atoms with E-state index in [0.717, 1.165) is 107 Å². The minimum absolute atomic E-state index is 0.0253. The van der Waals surface area contributed by atoms with E-state index in [4.69, 9.17) is 10.8 Å². The number of hydrazine groups is 1. The Morgan fingerprint density at radius 3 is 2.68 bits per heavy atom. The molecule has 0 saturated carbocycles. The minimum Gasteiger partial charge on any atom is -0.480 e. The Morgan fingerprint density at radius 2 is 1.95 bits per heavy atom. The van der Waals surface area contributed by atoms with Crippen LogP contribution in [0.3, 0.4) is 0 Å². The largest absolute Gasteiger partial charge is 0.480 e. The molecule has 1 aromatic heterocycles. The van der Waals surface area contributed by atoms with Gasteiger partial charge in [-0.05, 0) is 81.6 Å². The van der Waals surface area contributed by atoms with Crippen molar-refractivity contribution in [2.24, 2.45) is 11.8 Å². The Balaban J connectivity index is 1.22. The molecule has 0 spiro atoms. The molecule has 3 aliphatic rings. The molecule has 0 aliphatic carbocycles. The van der Waals surface area contributed by atoms with Crippen molar-refractivity contribution in [3.8, 4) is 0 Å². The first-order valence-electron chi connectivity index (χ1n) is 13.9. The number of carboxylic acids is 1. The van der Waals surface area contributed by atoms with E-state index in [-0.39, 0.29) is 6.54 Å². The quantitative estimate of drug-likeness (QED) is 0.289. The molecule has 3 aliphatic heterocycles. The number of rotatable bonds is 9. The molecule has 0 bridgehead atoms. The molecule has 2 saturated heterocycles. The van der Waals surface area contributed by atoms with E-state index >= 15 is 0 Å². The summed E-state index contributed by atoms with van der Waals surface area (Å²) in [6, 6.07) is 10.5. The zero-order valence-electron chi connectivity index (χ0n) is 22.5. The van der Waals surface area contributed by atoms with Gasteiger partial charge >= 0.3 is 5.97 Å². The summed E-state index contributed by atoms with van der Waals surface area (Å²) in [5, 5.41) is 13.2. The number of piperazine rings is 1. The normalized spacial score (nSPS) is 19.1. The highest BCUT2D eigenvalue weighted by Gasteiger charge is 2.25. The molecular formula is C28H42N8O2. The van der Waals surface area contributed by atoms with Crippen LogP contribution in [0, 0.1) is 5.92 Å². The number of fused-ring (bicyclic) bond motifs is 1. The van der Waals surface area contributed by atoms with Crippen LogP contribution in [-0.4, -0.2) is 91.8 Å². The molecule has 38 heavy (non-hydrogen) atoms. The fourth-order valence-electron chi connectivity index (χ4n) is 5.86. The van der Waals surface area contributed by atoms with Crippen LogP contribution in [0.4, 0.5) is 22.9 Å². The SMILES string of the molecule is CN1CCN(c2cc(NN)cc(N(CC(=O)O)CC3CCN(Cc4ccc5c(n4)NCCC5)CC3)c2)CC1. The lowest BCUT2D eigenvalue weighted by atomic mass is 9.95. The smallest absolute Gasteiger partial charge is 0.323 e. The number of nitrogen functional groups attached to an aromatic ring is 1. The number of hydrogen-bond donors (Lipinski definition) is 4. The Kier molecular flexibility index (Phi) is 8.51. The van der Waals surface area contributed by atoms with Crippen LogP contribution in [-0.2, 0) is 17.8 Å². The topological polar surface area (TPSA) is 113 Å². The molecule has 10 heteroatoms. The summed E-state index contributed by atoms with van der Waals surface area (Å²) in [6.45, 7) is 8.44. The third-order valence-electron chi connectivity index (χ3n) is 8.15. The van der Waals surface area contributed by atoms with E-state index in [1.54, 1.807) is 0 Å². The minimum atomic E-state index is -0.818. The first-order valence-corrected chi connectivity index (χ1v) is 13.9. The van der Waals surface area contributed by atoms with E-state index in [9.17, 15) is 9.90 Å². The summed E-state index contributed by atoms with van der Waals surface area (Å²) < 4.78 is 0. The van der Waals surface area contributed by atoms with Gasteiger partial charge in [0.15, 0.2) is 0 Å². The van der Waals surface area contributed by atoms with E-state index in [1.165, 1.54) is 12.0 Å². The molecule has 1 aromatic carbocycles. The van der Waals surface area contributed by atoms with Crippen LogP contribution in [0.5, 0.6) is 0 Å². The second-order valence-corrected chi connectivity index (χ2v) is 11.0. The second kappa shape index (κ2) is 12.2. The van der Waals surface area contributed by atoms with Gasteiger partial charge in [0.25, 0.3) is 0 Å². The molecule has 0 amide bonds. The summed E-state index contributed by atoms with van der Waals surface area (Å²) in [4.78, 5) is 25.9. The van der Waals surface area contributed by atoms with Gasteiger partial charge in [0.1, 0.15) is 12.4 Å². The summed E-state index contributed by atoms with van der Waals surface area (Å²) in [6.07, 6.45) is 4.36. The number of aryl methyl sites for hydroxylation is 1. The number of likely N-dealkylation sites (tertiary alicyclic amines) is 1. The average Bonchev–Trinajstić information content (AvgIpc) is 2.93. The number of likely N-dealkylation sites (N-methyl/N-ethyl adjacent to an activating group) is 1. The van der Waals surface area contributed by atoms with Gasteiger partial charge < -0.3 is 30.5 Å². The monoisotopic (exact) mass is 522 g/mol. The van der Waals surface area contributed by atoms with Gasteiger partial charge in [-0.3, -0.25) is 15.5 Å². The predicted molar refractivity (Wildman–Crippen MR) is 153 cm³/mol. The van der Waals surface area contributed by atoms with Gasteiger partial charge in [-0.25, -0.2) is 4.98 Å². The summed E-state index contributed by atoms with van der Waals surface area (Å²) in [5.41, 5.74) is 8.02. The maximum atomic E-state index is 11.8. The highest BCUT2D eigenvalue weighted by atomic mass is 16.4. The fourth-order valence-corrected chi connectivity index (χ4v) is 5.86.